The van der Waals surface area contributed by atoms with E-state index in [-0.39, 0.29) is 36.2 Å². The molecule has 3 aliphatic heterocycles. The Bertz CT molecular complexity index is 1100. The van der Waals surface area contributed by atoms with Crippen LogP contribution in [0.15, 0.2) is 35.9 Å². The van der Waals surface area contributed by atoms with Crippen molar-refractivity contribution in [2.75, 3.05) is 26.2 Å². The van der Waals surface area contributed by atoms with Gasteiger partial charge in [-0.1, -0.05) is 42.3 Å². The summed E-state index contributed by atoms with van der Waals surface area (Å²) in [6.07, 6.45) is 6.80. The Balaban J connectivity index is 1.68. The molecule has 3 unspecified atom stereocenters. The molecule has 9 heteroatoms. The van der Waals surface area contributed by atoms with E-state index in [0.29, 0.717) is 42.1 Å². The Morgan fingerprint density at radius 3 is 2.70 bits per heavy atom. The van der Waals surface area contributed by atoms with Crippen LogP contribution in [0.1, 0.15) is 45.6 Å². The Morgan fingerprint density at radius 2 is 2.00 bits per heavy atom. The molecule has 0 aromatic heterocycles. The number of anilines is 1. The molecule has 4 rings (SSSR count). The number of carbonyl (C=O) groups excluding carboxylic acids is 2. The second kappa shape index (κ2) is 11.1. The van der Waals surface area contributed by atoms with Gasteiger partial charge in [0.1, 0.15) is 16.9 Å². The highest BCUT2D eigenvalue weighted by Gasteiger charge is 2.57. The van der Waals surface area contributed by atoms with Crippen LogP contribution in [0.2, 0.25) is 5.02 Å². The quantitative estimate of drug-likeness (QED) is 0.549. The average Bonchev–Trinajstić information content (AvgIpc) is 3.55. The maximum atomic E-state index is 13.2. The number of rotatable bonds is 2. The molecular weight excluding hydrogens is 496 g/mol. The molecule has 3 heterocycles. The number of nitrogens with zero attached hydrogens (tertiary/aromatic N) is 1. The first-order valence-electron chi connectivity index (χ1n) is 12.7. The van der Waals surface area contributed by atoms with Gasteiger partial charge >= 0.3 is 6.09 Å². The molecule has 6 atom stereocenters. The molecule has 1 N–H and O–H groups in total. The summed E-state index contributed by atoms with van der Waals surface area (Å²) in [5, 5.41) is 3.31. The number of carbonyl (C=O) groups is 2. The summed E-state index contributed by atoms with van der Waals surface area (Å²) in [6, 6.07) is 3.61. The van der Waals surface area contributed by atoms with Gasteiger partial charge in [-0.15, -0.1) is 0 Å². The van der Waals surface area contributed by atoms with Crippen molar-refractivity contribution in [1.29, 1.82) is 0 Å². The molecule has 0 radical (unpaired) electrons. The number of allylic oxidation sites excluding steroid dienone is 3. The zero-order valence-corrected chi connectivity index (χ0v) is 23.1. The van der Waals surface area contributed by atoms with Crippen molar-refractivity contribution in [2.45, 2.75) is 76.4 Å². The van der Waals surface area contributed by atoms with Gasteiger partial charge in [-0.2, -0.15) is 0 Å². The zero-order valence-electron chi connectivity index (χ0n) is 22.4. The zero-order chi connectivity index (χ0) is 26.9. The summed E-state index contributed by atoms with van der Waals surface area (Å²) < 4.78 is 23.0. The minimum absolute atomic E-state index is 0.0347. The highest BCUT2D eigenvalue weighted by molar-refractivity contribution is 6.35. The molecule has 1 aromatic carbocycles. The van der Waals surface area contributed by atoms with Crippen LogP contribution in [-0.4, -0.2) is 63.2 Å². The van der Waals surface area contributed by atoms with Crippen LogP contribution in [0.3, 0.4) is 0 Å². The Labute approximate surface area is 223 Å². The summed E-state index contributed by atoms with van der Waals surface area (Å²) in [6.45, 7) is 6.08. The first-order chi connectivity index (χ1) is 17.6. The van der Waals surface area contributed by atoms with Crippen LogP contribution in [0.25, 0.3) is 0 Å². The number of ether oxygens (including phenoxy) is 4. The van der Waals surface area contributed by atoms with Crippen molar-refractivity contribution in [2.24, 2.45) is 5.92 Å². The number of hydrogen-bond donors (Lipinski definition) is 1. The Kier molecular flexibility index (Phi) is 8.21. The molecule has 2 saturated heterocycles. The van der Waals surface area contributed by atoms with Crippen molar-refractivity contribution in [3.05, 3.63) is 46.5 Å². The van der Waals surface area contributed by atoms with Gasteiger partial charge in [-0.3, -0.25) is 4.79 Å². The van der Waals surface area contributed by atoms with Gasteiger partial charge in [-0.05, 0) is 44.4 Å². The van der Waals surface area contributed by atoms with E-state index < -0.39 is 11.7 Å². The molecule has 4 bridgehead atoms. The molecule has 3 aliphatic rings. The number of methoxy groups -OCH3 is 2. The van der Waals surface area contributed by atoms with Gasteiger partial charge < -0.3 is 29.2 Å². The normalized spacial score (nSPS) is 34.9. The lowest BCUT2D eigenvalue weighted by molar-refractivity contribution is -0.118. The van der Waals surface area contributed by atoms with Gasteiger partial charge in [0.15, 0.2) is 0 Å². The Morgan fingerprint density at radius 1 is 1.24 bits per heavy atom. The number of benzene rings is 1. The van der Waals surface area contributed by atoms with E-state index in [1.165, 1.54) is 0 Å². The fourth-order valence-electron chi connectivity index (χ4n) is 5.41. The maximum absolute atomic E-state index is 13.2. The van der Waals surface area contributed by atoms with Crippen molar-refractivity contribution in [3.63, 3.8) is 0 Å². The third kappa shape index (κ3) is 5.97. The van der Waals surface area contributed by atoms with E-state index in [4.69, 9.17) is 30.5 Å². The molecule has 8 nitrogen and oxygen atoms in total. The third-order valence-corrected chi connectivity index (χ3v) is 8.14. The SMILES string of the molecule is COc1cc2cc(c1Cl)N(C)C(=O)CC[C@@]1(C)O[C@H]1[C@H](C)C1CC(NC(=O)O1)C(OC)/C=C/C=C(\C)C2. The number of alkyl carbamates (subject to hydrolysis) is 1. The topological polar surface area (TPSA) is 89.6 Å². The lowest BCUT2D eigenvalue weighted by Gasteiger charge is -2.35. The molecule has 0 saturated carbocycles. The monoisotopic (exact) mass is 532 g/mol. The lowest BCUT2D eigenvalue weighted by atomic mass is 9.86. The number of amides is 2. The van der Waals surface area contributed by atoms with E-state index >= 15 is 0 Å². The molecule has 37 heavy (non-hydrogen) atoms. The summed E-state index contributed by atoms with van der Waals surface area (Å²) >= 11 is 6.62. The number of nitrogens with one attached hydrogen (secondary N) is 1. The lowest BCUT2D eigenvalue weighted by Crippen LogP contribution is -2.53. The van der Waals surface area contributed by atoms with Crippen LogP contribution >= 0.6 is 11.6 Å². The second-order valence-electron chi connectivity index (χ2n) is 10.5. The van der Waals surface area contributed by atoms with Crippen molar-refractivity contribution >= 4 is 29.3 Å². The highest BCUT2D eigenvalue weighted by atomic mass is 35.5. The summed E-state index contributed by atoms with van der Waals surface area (Å²) in [7, 11) is 4.94. The predicted molar refractivity (Wildman–Crippen MR) is 142 cm³/mol. The van der Waals surface area contributed by atoms with Crippen molar-refractivity contribution in [1.82, 2.24) is 5.32 Å². The molecule has 0 spiro atoms. The highest BCUT2D eigenvalue weighted by Crippen LogP contribution is 2.47. The van der Waals surface area contributed by atoms with E-state index in [9.17, 15) is 9.59 Å². The van der Waals surface area contributed by atoms with E-state index in [0.717, 1.165) is 11.1 Å². The molecule has 202 valence electrons. The summed E-state index contributed by atoms with van der Waals surface area (Å²) in [5.74, 6) is 0.429. The average molecular weight is 533 g/mol. The van der Waals surface area contributed by atoms with Crippen LogP contribution in [0.4, 0.5) is 10.5 Å². The summed E-state index contributed by atoms with van der Waals surface area (Å²) in [5.41, 5.74) is 2.22. The maximum Gasteiger partial charge on any atom is 0.407 e. The van der Waals surface area contributed by atoms with Gasteiger partial charge in [0.25, 0.3) is 0 Å². The van der Waals surface area contributed by atoms with Crippen LogP contribution in [0, 0.1) is 5.92 Å². The second-order valence-corrected chi connectivity index (χ2v) is 10.9. The van der Waals surface area contributed by atoms with Gasteiger partial charge in [0.2, 0.25) is 5.91 Å². The smallest absolute Gasteiger partial charge is 0.407 e. The van der Waals surface area contributed by atoms with E-state index in [1.54, 1.807) is 26.2 Å². The van der Waals surface area contributed by atoms with Gasteiger partial charge in [0, 0.05) is 32.9 Å². The van der Waals surface area contributed by atoms with E-state index in [2.05, 4.69) is 5.32 Å². The third-order valence-electron chi connectivity index (χ3n) is 7.76. The molecule has 2 amide bonds. The first kappa shape index (κ1) is 27.5. The number of hydrogen-bond acceptors (Lipinski definition) is 6. The van der Waals surface area contributed by atoms with Crippen molar-refractivity contribution < 1.29 is 28.5 Å². The predicted octanol–water partition coefficient (Wildman–Crippen LogP) is 4.83. The standard InChI is InChI=1S/C28H37ClN2O6/c1-16-8-7-9-21(34-5)19-15-22(36-27(33)30-19)17(2)26-28(3,37-26)11-10-24(32)31(4)20-13-18(12-16)14-23(35-6)25(20)29/h7-9,13-14,17,19,21-22,26H,10-12,15H2,1-6H3,(H,30,33)/b9-7+,16-8+/t17-,19?,21?,22?,26+,28-/m1/s1. The van der Waals surface area contributed by atoms with Gasteiger partial charge in [0.05, 0.1) is 36.6 Å². The van der Waals surface area contributed by atoms with Crippen LogP contribution < -0.4 is 15.0 Å². The molecule has 0 aliphatic carbocycles. The number of halogens is 1. The van der Waals surface area contributed by atoms with Crippen LogP contribution in [-0.2, 0) is 25.4 Å². The minimum Gasteiger partial charge on any atom is -0.495 e. The van der Waals surface area contributed by atoms with Crippen molar-refractivity contribution in [3.8, 4) is 5.75 Å². The number of fused-ring (bicyclic) bond motifs is 5. The first-order valence-corrected chi connectivity index (χ1v) is 13.1. The largest absolute Gasteiger partial charge is 0.495 e. The number of epoxide rings is 1. The van der Waals surface area contributed by atoms with Crippen LogP contribution in [0.5, 0.6) is 5.75 Å². The molecule has 2 fully saturated rings. The fraction of sp³-hybridized carbons (Fsp3) is 0.571. The fourth-order valence-corrected chi connectivity index (χ4v) is 5.72. The Hall–Kier alpha value is -2.55. The minimum atomic E-state index is -0.462. The molecular formula is C28H37ClN2O6. The van der Waals surface area contributed by atoms with Gasteiger partial charge in [-0.25, -0.2) is 4.79 Å². The molecule has 1 aromatic rings. The summed E-state index contributed by atoms with van der Waals surface area (Å²) in [4.78, 5) is 27.2. The van der Waals surface area contributed by atoms with E-state index in [1.807, 2.05) is 51.1 Å².